The van der Waals surface area contributed by atoms with E-state index in [1.807, 2.05) is 30.3 Å². The van der Waals surface area contributed by atoms with Crippen molar-refractivity contribution < 1.29 is 4.74 Å². The van der Waals surface area contributed by atoms with Gasteiger partial charge in [0.1, 0.15) is 12.4 Å². The molecule has 4 aromatic rings. The van der Waals surface area contributed by atoms with Crippen LogP contribution in [-0.4, -0.2) is 0 Å². The Bertz CT molecular complexity index is 989. The molecular formula is C25H19BrO. The van der Waals surface area contributed by atoms with Crippen molar-refractivity contribution in [3.05, 3.63) is 113 Å². The SMILES string of the molecule is Brc1ccc(-c2ccc(-c3ccc(OCc4ccccc4)cc3)cc2)cc1. The van der Waals surface area contributed by atoms with Gasteiger partial charge in [-0.25, -0.2) is 0 Å². The van der Waals surface area contributed by atoms with E-state index in [9.17, 15) is 0 Å². The number of hydrogen-bond acceptors (Lipinski definition) is 1. The molecule has 132 valence electrons. The minimum absolute atomic E-state index is 0.585. The predicted octanol–water partition coefficient (Wildman–Crippen LogP) is 7.36. The lowest BCUT2D eigenvalue weighted by Gasteiger charge is -2.08. The zero-order chi connectivity index (χ0) is 18.5. The fourth-order valence-corrected chi connectivity index (χ4v) is 3.25. The van der Waals surface area contributed by atoms with Crippen molar-refractivity contribution in [2.75, 3.05) is 0 Å². The third kappa shape index (κ3) is 4.47. The Hall–Kier alpha value is -2.84. The molecule has 0 fully saturated rings. The van der Waals surface area contributed by atoms with Crippen molar-refractivity contribution in [1.29, 1.82) is 0 Å². The minimum atomic E-state index is 0.585. The molecule has 1 nitrogen and oxygen atoms in total. The first-order valence-corrected chi connectivity index (χ1v) is 9.70. The molecule has 0 aliphatic heterocycles. The van der Waals surface area contributed by atoms with E-state index in [1.165, 1.54) is 27.8 Å². The predicted molar refractivity (Wildman–Crippen MR) is 116 cm³/mol. The Balaban J connectivity index is 1.44. The van der Waals surface area contributed by atoms with E-state index in [4.69, 9.17) is 4.74 Å². The van der Waals surface area contributed by atoms with Crippen LogP contribution in [0, 0.1) is 0 Å². The lowest BCUT2D eigenvalue weighted by atomic mass is 10.0. The minimum Gasteiger partial charge on any atom is -0.489 e. The van der Waals surface area contributed by atoms with E-state index in [2.05, 4.69) is 88.7 Å². The quantitative estimate of drug-likeness (QED) is 0.331. The van der Waals surface area contributed by atoms with E-state index in [-0.39, 0.29) is 0 Å². The molecule has 4 rings (SSSR count). The first-order valence-electron chi connectivity index (χ1n) is 8.91. The van der Waals surface area contributed by atoms with Crippen LogP contribution in [0.15, 0.2) is 108 Å². The molecule has 0 atom stereocenters. The molecule has 0 aliphatic carbocycles. The molecule has 4 aromatic carbocycles. The molecule has 27 heavy (non-hydrogen) atoms. The summed E-state index contributed by atoms with van der Waals surface area (Å²) in [4.78, 5) is 0. The largest absolute Gasteiger partial charge is 0.489 e. The second kappa shape index (κ2) is 8.24. The molecular weight excluding hydrogens is 396 g/mol. The fourth-order valence-electron chi connectivity index (χ4n) is 2.98. The maximum atomic E-state index is 5.87. The lowest BCUT2D eigenvalue weighted by molar-refractivity contribution is 0.306. The Morgan fingerprint density at radius 1 is 0.519 bits per heavy atom. The molecule has 2 heteroatoms. The van der Waals surface area contributed by atoms with Gasteiger partial charge in [0.2, 0.25) is 0 Å². The van der Waals surface area contributed by atoms with E-state index in [1.54, 1.807) is 0 Å². The van der Waals surface area contributed by atoms with E-state index >= 15 is 0 Å². The van der Waals surface area contributed by atoms with Gasteiger partial charge in [0.05, 0.1) is 0 Å². The van der Waals surface area contributed by atoms with Crippen LogP contribution >= 0.6 is 15.9 Å². The first kappa shape index (κ1) is 17.6. The van der Waals surface area contributed by atoms with Gasteiger partial charge in [-0.2, -0.15) is 0 Å². The highest BCUT2D eigenvalue weighted by Crippen LogP contribution is 2.27. The molecule has 0 saturated carbocycles. The zero-order valence-corrected chi connectivity index (χ0v) is 16.4. The van der Waals surface area contributed by atoms with Gasteiger partial charge in [-0.3, -0.25) is 0 Å². The van der Waals surface area contributed by atoms with Gasteiger partial charge in [0.25, 0.3) is 0 Å². The van der Waals surface area contributed by atoms with E-state index < -0.39 is 0 Å². The molecule has 0 saturated heterocycles. The van der Waals surface area contributed by atoms with Gasteiger partial charge in [-0.15, -0.1) is 0 Å². The second-order valence-electron chi connectivity index (χ2n) is 6.38. The van der Waals surface area contributed by atoms with Crippen molar-refractivity contribution in [2.24, 2.45) is 0 Å². The highest BCUT2D eigenvalue weighted by molar-refractivity contribution is 9.10. The first-order chi connectivity index (χ1) is 13.3. The van der Waals surface area contributed by atoms with Crippen LogP contribution in [0.25, 0.3) is 22.3 Å². The third-order valence-corrected chi connectivity index (χ3v) is 5.03. The van der Waals surface area contributed by atoms with Gasteiger partial charge < -0.3 is 4.74 Å². The number of halogens is 1. The fraction of sp³-hybridized carbons (Fsp3) is 0.0400. The normalized spacial score (nSPS) is 10.6. The average Bonchev–Trinajstić information content (AvgIpc) is 2.74. The van der Waals surface area contributed by atoms with Crippen LogP contribution < -0.4 is 4.74 Å². The summed E-state index contributed by atoms with van der Waals surface area (Å²) in [6, 6.07) is 35.5. The number of ether oxygens (including phenoxy) is 1. The number of hydrogen-bond donors (Lipinski definition) is 0. The van der Waals surface area contributed by atoms with E-state index in [0.717, 1.165) is 10.2 Å². The number of rotatable bonds is 5. The van der Waals surface area contributed by atoms with Crippen LogP contribution in [0.2, 0.25) is 0 Å². The molecule has 0 aromatic heterocycles. The second-order valence-corrected chi connectivity index (χ2v) is 7.30. The summed E-state index contributed by atoms with van der Waals surface area (Å²) in [6.07, 6.45) is 0. The highest BCUT2D eigenvalue weighted by atomic mass is 79.9. The Morgan fingerprint density at radius 3 is 1.48 bits per heavy atom. The van der Waals surface area contributed by atoms with Crippen LogP contribution in [-0.2, 0) is 6.61 Å². The van der Waals surface area contributed by atoms with Crippen molar-refractivity contribution in [3.8, 4) is 28.0 Å². The molecule has 0 radical (unpaired) electrons. The third-order valence-electron chi connectivity index (χ3n) is 4.50. The summed E-state index contributed by atoms with van der Waals surface area (Å²) in [5.41, 5.74) is 5.99. The Labute approximate surface area is 168 Å². The highest BCUT2D eigenvalue weighted by Gasteiger charge is 2.02. The summed E-state index contributed by atoms with van der Waals surface area (Å²) < 4.78 is 6.96. The van der Waals surface area contributed by atoms with Crippen LogP contribution in [0.5, 0.6) is 5.75 Å². The van der Waals surface area contributed by atoms with Gasteiger partial charge >= 0.3 is 0 Å². The van der Waals surface area contributed by atoms with E-state index in [0.29, 0.717) is 6.61 Å². The molecule has 0 amide bonds. The van der Waals surface area contributed by atoms with Crippen LogP contribution in [0.4, 0.5) is 0 Å². The van der Waals surface area contributed by atoms with Crippen LogP contribution in [0.1, 0.15) is 5.56 Å². The van der Waals surface area contributed by atoms with Gasteiger partial charge in [0.15, 0.2) is 0 Å². The smallest absolute Gasteiger partial charge is 0.119 e. The summed E-state index contributed by atoms with van der Waals surface area (Å²) in [5, 5.41) is 0. The van der Waals surface area contributed by atoms with Crippen molar-refractivity contribution in [3.63, 3.8) is 0 Å². The van der Waals surface area contributed by atoms with Crippen LogP contribution in [0.3, 0.4) is 0 Å². The number of benzene rings is 4. The van der Waals surface area contributed by atoms with Gasteiger partial charge in [-0.1, -0.05) is 94.8 Å². The summed E-state index contributed by atoms with van der Waals surface area (Å²) in [6.45, 7) is 0.585. The van der Waals surface area contributed by atoms with Crippen molar-refractivity contribution in [2.45, 2.75) is 6.61 Å². The Kier molecular flexibility index (Phi) is 5.36. The average molecular weight is 415 g/mol. The molecule has 0 spiro atoms. The standard InChI is InChI=1S/C25H19BrO/c26-24-14-10-22(11-15-24)20-6-8-21(9-7-20)23-12-16-25(17-13-23)27-18-19-4-2-1-3-5-19/h1-17H,18H2. The molecule has 0 heterocycles. The molecule has 0 aliphatic rings. The summed E-state index contributed by atoms with van der Waals surface area (Å²) >= 11 is 3.48. The summed E-state index contributed by atoms with van der Waals surface area (Å²) in [5.74, 6) is 0.883. The summed E-state index contributed by atoms with van der Waals surface area (Å²) in [7, 11) is 0. The zero-order valence-electron chi connectivity index (χ0n) is 14.8. The molecule has 0 bridgehead atoms. The molecule has 0 unspecified atom stereocenters. The maximum absolute atomic E-state index is 5.87. The topological polar surface area (TPSA) is 9.23 Å². The van der Waals surface area contributed by atoms with Crippen molar-refractivity contribution in [1.82, 2.24) is 0 Å². The molecule has 0 N–H and O–H groups in total. The van der Waals surface area contributed by atoms with Gasteiger partial charge in [-0.05, 0) is 52.1 Å². The Morgan fingerprint density at radius 2 is 0.963 bits per heavy atom. The lowest BCUT2D eigenvalue weighted by Crippen LogP contribution is -1.94. The van der Waals surface area contributed by atoms with Gasteiger partial charge in [0, 0.05) is 4.47 Å². The maximum Gasteiger partial charge on any atom is 0.119 e. The van der Waals surface area contributed by atoms with Crippen molar-refractivity contribution >= 4 is 15.9 Å². The monoisotopic (exact) mass is 414 g/mol.